The minimum absolute atomic E-state index is 0.265. The van der Waals surface area contributed by atoms with Gasteiger partial charge in [-0.3, -0.25) is 0 Å². The zero-order chi connectivity index (χ0) is 19.4. The molecule has 2 rings (SSSR count). The zero-order valence-electron chi connectivity index (χ0n) is 14.4. The maximum Gasteiger partial charge on any atom is 0.368 e. The van der Waals surface area contributed by atoms with Crippen molar-refractivity contribution < 1.29 is 31.4 Å². The minimum atomic E-state index is -4.86. The Morgan fingerprint density at radius 3 is 1.92 bits per heavy atom. The Morgan fingerprint density at radius 1 is 0.923 bits per heavy atom. The first-order chi connectivity index (χ1) is 12.3. The predicted molar refractivity (Wildman–Crippen MR) is 93.7 cm³/mol. The highest BCUT2D eigenvalue weighted by Crippen LogP contribution is 2.39. The molecule has 0 amide bonds. The second-order valence-electron chi connectivity index (χ2n) is 5.17. The van der Waals surface area contributed by atoms with E-state index in [1.165, 1.54) is 45.6 Å². The fourth-order valence-electron chi connectivity index (χ4n) is 2.24. The molecule has 26 heavy (non-hydrogen) atoms. The van der Waals surface area contributed by atoms with Gasteiger partial charge in [-0.15, -0.1) is 0 Å². The predicted octanol–water partition coefficient (Wildman–Crippen LogP) is 3.79. The number of rotatable bonds is 7. The molecule has 0 aliphatic heterocycles. The molecule has 8 heteroatoms. The van der Waals surface area contributed by atoms with E-state index in [0.717, 1.165) is 18.2 Å². The molecule has 0 atom stereocenters. The quantitative estimate of drug-likeness (QED) is 0.727. The fourth-order valence-corrected chi connectivity index (χ4v) is 3.31. The second-order valence-corrected chi connectivity index (χ2v) is 7.19. The highest BCUT2D eigenvalue weighted by Gasteiger charge is 2.43. The number of hydrogen-bond donors (Lipinski definition) is 0. The third kappa shape index (κ3) is 3.80. The van der Waals surface area contributed by atoms with Crippen molar-refractivity contribution in [3.05, 3.63) is 54.1 Å². The van der Waals surface area contributed by atoms with Gasteiger partial charge in [0.2, 0.25) is 15.6 Å². The van der Waals surface area contributed by atoms with E-state index in [1.54, 1.807) is 6.07 Å². The van der Waals surface area contributed by atoms with Gasteiger partial charge in [-0.1, -0.05) is 24.3 Å². The third-order valence-electron chi connectivity index (χ3n) is 3.57. The van der Waals surface area contributed by atoms with Crippen LogP contribution in [0.4, 0.5) is 8.78 Å². The largest absolute Gasteiger partial charge is 0.493 e. The summed E-state index contributed by atoms with van der Waals surface area (Å²) < 4.78 is 68.4. The maximum atomic E-state index is 14.3. The van der Waals surface area contributed by atoms with Gasteiger partial charge in [0.1, 0.15) is 0 Å². The van der Waals surface area contributed by atoms with Crippen molar-refractivity contribution in [2.24, 2.45) is 0 Å². The highest BCUT2D eigenvalue weighted by atomic mass is 32.2. The number of methoxy groups -OCH3 is 3. The standard InChI is InChI=1S/C18H18F2O5S/c1-23-15-11-13(12-16(24-2)17(15)25-3)9-10-18(19,20)26(21,22)14-7-5-4-6-8-14/h4-12H,1-3H3/b10-9+. The van der Waals surface area contributed by atoms with E-state index < -0.39 is 20.0 Å². The monoisotopic (exact) mass is 384 g/mol. The lowest BCUT2D eigenvalue weighted by Crippen LogP contribution is -2.26. The van der Waals surface area contributed by atoms with Crippen LogP contribution in [0.1, 0.15) is 5.56 Å². The molecule has 0 saturated carbocycles. The van der Waals surface area contributed by atoms with Gasteiger partial charge in [0, 0.05) is 6.08 Å². The molecule has 2 aromatic rings. The summed E-state index contributed by atoms with van der Waals surface area (Å²) in [5.74, 6) is 0.831. The molecular formula is C18H18F2O5S. The Bertz CT molecular complexity index is 868. The lowest BCUT2D eigenvalue weighted by molar-refractivity contribution is 0.148. The number of hydrogen-bond acceptors (Lipinski definition) is 5. The topological polar surface area (TPSA) is 61.8 Å². The van der Waals surface area contributed by atoms with Crippen molar-refractivity contribution >= 4 is 15.9 Å². The molecule has 0 spiro atoms. The summed E-state index contributed by atoms with van der Waals surface area (Å²) in [5.41, 5.74) is 0.266. The first-order valence-corrected chi connectivity index (χ1v) is 8.92. The summed E-state index contributed by atoms with van der Waals surface area (Å²) in [6.45, 7) is 0. The second kappa shape index (κ2) is 7.74. The van der Waals surface area contributed by atoms with Gasteiger partial charge in [-0.25, -0.2) is 8.42 Å². The van der Waals surface area contributed by atoms with E-state index in [0.29, 0.717) is 11.8 Å². The van der Waals surface area contributed by atoms with Crippen LogP contribution >= 0.6 is 0 Å². The summed E-state index contributed by atoms with van der Waals surface area (Å²) in [5, 5.41) is -4.09. The van der Waals surface area contributed by atoms with E-state index >= 15 is 0 Å². The highest BCUT2D eigenvalue weighted by molar-refractivity contribution is 7.92. The smallest absolute Gasteiger partial charge is 0.368 e. The van der Waals surface area contributed by atoms with E-state index in [4.69, 9.17) is 14.2 Å². The lowest BCUT2D eigenvalue weighted by atomic mass is 10.1. The van der Waals surface area contributed by atoms with Crippen LogP contribution in [0.5, 0.6) is 17.2 Å². The van der Waals surface area contributed by atoms with E-state index in [1.807, 2.05) is 0 Å². The van der Waals surface area contributed by atoms with Crippen molar-refractivity contribution in [2.45, 2.75) is 10.2 Å². The van der Waals surface area contributed by atoms with Crippen LogP contribution in [0.3, 0.4) is 0 Å². The normalized spacial score (nSPS) is 12.2. The van der Waals surface area contributed by atoms with Crippen molar-refractivity contribution in [1.29, 1.82) is 0 Å². The summed E-state index contributed by atoms with van der Waals surface area (Å²) >= 11 is 0. The van der Waals surface area contributed by atoms with E-state index in [9.17, 15) is 17.2 Å². The first kappa shape index (κ1) is 19.7. The molecule has 0 saturated heterocycles. The zero-order valence-corrected chi connectivity index (χ0v) is 15.2. The van der Waals surface area contributed by atoms with Crippen molar-refractivity contribution in [1.82, 2.24) is 0 Å². The Labute approximate surface area is 150 Å². The van der Waals surface area contributed by atoms with Gasteiger partial charge in [-0.05, 0) is 29.8 Å². The maximum absolute atomic E-state index is 14.3. The van der Waals surface area contributed by atoms with Crippen LogP contribution in [-0.2, 0) is 9.84 Å². The summed E-state index contributed by atoms with van der Waals surface area (Å²) in [4.78, 5) is -0.459. The van der Waals surface area contributed by atoms with Crippen LogP contribution in [0.2, 0.25) is 0 Å². The van der Waals surface area contributed by atoms with Gasteiger partial charge < -0.3 is 14.2 Å². The molecule has 0 heterocycles. The van der Waals surface area contributed by atoms with Gasteiger partial charge >= 0.3 is 5.25 Å². The number of sulfone groups is 1. The summed E-state index contributed by atoms with van der Waals surface area (Å²) in [6.07, 6.45) is 1.32. The average Bonchev–Trinajstić information content (AvgIpc) is 2.65. The van der Waals surface area contributed by atoms with Gasteiger partial charge in [0.05, 0.1) is 26.2 Å². The number of alkyl halides is 2. The molecule has 0 bridgehead atoms. The lowest BCUT2D eigenvalue weighted by Gasteiger charge is -2.14. The Kier molecular flexibility index (Phi) is 5.86. The first-order valence-electron chi connectivity index (χ1n) is 7.43. The number of halogens is 2. The molecule has 5 nitrogen and oxygen atoms in total. The molecule has 0 aromatic heterocycles. The number of benzene rings is 2. The Hall–Kier alpha value is -2.61. The third-order valence-corrected chi connectivity index (χ3v) is 5.31. The molecular weight excluding hydrogens is 366 g/mol. The van der Waals surface area contributed by atoms with Crippen LogP contribution in [0.25, 0.3) is 6.08 Å². The molecule has 0 unspecified atom stereocenters. The van der Waals surface area contributed by atoms with Gasteiger partial charge in [0.25, 0.3) is 0 Å². The molecule has 0 radical (unpaired) electrons. The van der Waals surface area contributed by atoms with Crippen molar-refractivity contribution in [3.63, 3.8) is 0 Å². The average molecular weight is 384 g/mol. The van der Waals surface area contributed by atoms with Gasteiger partial charge in [0.15, 0.2) is 11.5 Å². The van der Waals surface area contributed by atoms with Crippen LogP contribution in [0.15, 0.2) is 53.4 Å². The molecule has 0 aliphatic carbocycles. The van der Waals surface area contributed by atoms with Crippen molar-refractivity contribution in [3.8, 4) is 17.2 Å². The molecule has 0 fully saturated rings. The van der Waals surface area contributed by atoms with Crippen LogP contribution < -0.4 is 14.2 Å². The SMILES string of the molecule is COc1cc(/C=C/C(F)(F)S(=O)(=O)c2ccccc2)cc(OC)c1OC. The van der Waals surface area contributed by atoms with Gasteiger partial charge in [-0.2, -0.15) is 8.78 Å². The van der Waals surface area contributed by atoms with Crippen molar-refractivity contribution in [2.75, 3.05) is 21.3 Å². The molecule has 2 aromatic carbocycles. The summed E-state index contributed by atoms with van der Waals surface area (Å²) in [6, 6.07) is 9.42. The summed E-state index contributed by atoms with van der Waals surface area (Å²) in [7, 11) is -0.671. The number of ether oxygens (including phenoxy) is 3. The Balaban J connectivity index is 2.42. The minimum Gasteiger partial charge on any atom is -0.493 e. The van der Waals surface area contributed by atoms with E-state index in [-0.39, 0.29) is 17.1 Å². The molecule has 0 aliphatic rings. The van der Waals surface area contributed by atoms with E-state index in [2.05, 4.69) is 0 Å². The van der Waals surface area contributed by atoms with Crippen LogP contribution in [0, 0.1) is 0 Å². The van der Waals surface area contributed by atoms with Crippen LogP contribution in [-0.4, -0.2) is 35.0 Å². The molecule has 0 N–H and O–H groups in total. The Morgan fingerprint density at radius 2 is 1.46 bits per heavy atom. The molecule has 140 valence electrons. The fraction of sp³-hybridized carbons (Fsp3) is 0.222.